The molecule has 2 aliphatic heterocycles. The molecule has 2 aliphatic rings. The first-order valence-electron chi connectivity index (χ1n) is 24.6. The van der Waals surface area contributed by atoms with Crippen molar-refractivity contribution < 1.29 is 40.7 Å². The van der Waals surface area contributed by atoms with Gasteiger partial charge >= 0.3 is 12.4 Å². The molecule has 11 nitrogen and oxygen atoms in total. The highest BCUT2D eigenvalue weighted by Gasteiger charge is 2.36. The highest BCUT2D eigenvalue weighted by molar-refractivity contribution is 5.77. The van der Waals surface area contributed by atoms with Crippen LogP contribution in [-0.4, -0.2) is 68.7 Å². The predicted molar refractivity (Wildman–Crippen MR) is 279 cm³/mol. The van der Waals surface area contributed by atoms with Gasteiger partial charge in [-0.2, -0.15) is 26.3 Å². The van der Waals surface area contributed by atoms with Gasteiger partial charge in [0, 0.05) is 45.2 Å². The average Bonchev–Trinajstić information content (AvgIpc) is 3.36. The second-order valence-electron chi connectivity index (χ2n) is 18.8. The minimum absolute atomic E-state index is 0. The smallest absolute Gasteiger partial charge is 0.369 e. The highest BCUT2D eigenvalue weighted by atomic mass is 19.4. The summed E-state index contributed by atoms with van der Waals surface area (Å²) < 4.78 is 82.1. The number of hydrogen-bond acceptors (Lipinski definition) is 8. The summed E-state index contributed by atoms with van der Waals surface area (Å²) in [6, 6.07) is 30.5. The van der Waals surface area contributed by atoms with Crippen LogP contribution >= 0.6 is 0 Å². The van der Waals surface area contributed by atoms with Gasteiger partial charge in [-0.25, -0.2) is 19.9 Å². The summed E-state index contributed by atoms with van der Waals surface area (Å²) in [5.74, 6) is 0.718. The molecule has 6 aromatic rings. The van der Waals surface area contributed by atoms with E-state index in [1.54, 1.807) is 55.5 Å². The quantitative estimate of drug-likeness (QED) is 0.0805. The van der Waals surface area contributed by atoms with Crippen LogP contribution in [0.2, 0.25) is 0 Å². The molecule has 8 rings (SSSR count). The van der Waals surface area contributed by atoms with Crippen molar-refractivity contribution >= 4 is 17.7 Å². The predicted octanol–water partition coefficient (Wildman–Crippen LogP) is 10.3. The molecule has 400 valence electrons. The number of nitrogens with one attached hydrogen (secondary N) is 1. The minimum atomic E-state index is -4.57. The summed E-state index contributed by atoms with van der Waals surface area (Å²) in [7, 11) is 0. The second kappa shape index (κ2) is 27.0. The van der Waals surface area contributed by atoms with Gasteiger partial charge in [-0.1, -0.05) is 112 Å². The molecule has 4 aromatic carbocycles. The molecular formula is C58H68F6N8O3. The molecule has 17 heteroatoms. The number of amides is 3. The Kier molecular flexibility index (Phi) is 21.2. The third kappa shape index (κ3) is 17.0. The lowest BCUT2D eigenvalue weighted by molar-refractivity contribution is -0.139. The lowest BCUT2D eigenvalue weighted by Crippen LogP contribution is -2.36. The van der Waals surface area contributed by atoms with Crippen LogP contribution in [0.1, 0.15) is 138 Å². The standard InChI is InChI=1S/C29H31F3N4O2.C27H29F3N4O.2CH4/c1-19(37)36-14-12-23(13-15-36)22-8-6-20(7-9-22)16-28-34-18-25(29(30,31)32)26(35-28)11-10-21-4-2-3-5-24(21)17-27(33)38;28-27(29,30)23-17-33-26(15-18-5-7-20(8-6-18)21-11-13-32-14-12-21)34-24(23)10-9-19-3-1-2-4-22(19)16-25(31)35;;/h2-9,18,23H,10-17H2,1H3,(H2,33,38);1-8,17,21,32H,9-16H2,(H2,31,35);2*1H4. The SMILES string of the molecule is C.C.CC(=O)N1CCC(c2ccc(Cc3ncc(C(F)(F)F)c(CCc4ccccc4CC(N)=O)n3)cc2)CC1.NC(=O)Cc1ccccc1CCc1nc(Cc2ccc(C3CCNCC3)cc2)ncc1C(F)(F)F. The molecular weight excluding hydrogens is 971 g/mol. The van der Waals surface area contributed by atoms with Crippen molar-refractivity contribution in [2.24, 2.45) is 11.5 Å². The normalized spacial score (nSPS) is 14.2. The van der Waals surface area contributed by atoms with Crippen LogP contribution in [0.3, 0.4) is 0 Å². The molecule has 3 amide bonds. The van der Waals surface area contributed by atoms with E-state index in [9.17, 15) is 40.7 Å². The summed E-state index contributed by atoms with van der Waals surface area (Å²) in [5, 5.41) is 3.36. The summed E-state index contributed by atoms with van der Waals surface area (Å²) in [4.78, 5) is 52.9. The summed E-state index contributed by atoms with van der Waals surface area (Å²) >= 11 is 0. The largest absolute Gasteiger partial charge is 0.419 e. The highest BCUT2D eigenvalue weighted by Crippen LogP contribution is 2.34. The number of carbonyl (C=O) groups excluding carboxylic acids is 3. The van der Waals surface area contributed by atoms with Crippen molar-refractivity contribution in [2.45, 2.75) is 123 Å². The van der Waals surface area contributed by atoms with Crippen LogP contribution < -0.4 is 16.8 Å². The average molecular weight is 1040 g/mol. The van der Waals surface area contributed by atoms with Crippen LogP contribution in [0.15, 0.2) is 109 Å². The number of alkyl halides is 6. The van der Waals surface area contributed by atoms with Gasteiger partial charge in [0.25, 0.3) is 0 Å². The maximum atomic E-state index is 13.7. The van der Waals surface area contributed by atoms with E-state index in [0.717, 1.165) is 92.1 Å². The van der Waals surface area contributed by atoms with Gasteiger partial charge in [-0.3, -0.25) is 14.4 Å². The number of carbonyl (C=O) groups is 3. The van der Waals surface area contributed by atoms with Gasteiger partial charge in [0.05, 0.1) is 35.4 Å². The van der Waals surface area contributed by atoms with Gasteiger partial charge in [-0.15, -0.1) is 0 Å². The van der Waals surface area contributed by atoms with E-state index in [1.807, 2.05) is 41.3 Å². The Morgan fingerprint density at radius 2 is 0.933 bits per heavy atom. The van der Waals surface area contributed by atoms with Crippen molar-refractivity contribution in [2.75, 3.05) is 26.2 Å². The molecule has 75 heavy (non-hydrogen) atoms. The Labute approximate surface area is 436 Å². The number of primary amides is 2. The number of likely N-dealkylation sites (tertiary alicyclic amines) is 1. The summed E-state index contributed by atoms with van der Waals surface area (Å²) in [5.41, 5.74) is 16.2. The van der Waals surface area contributed by atoms with Gasteiger partial charge in [0.1, 0.15) is 11.6 Å². The van der Waals surface area contributed by atoms with Crippen molar-refractivity contribution in [1.82, 2.24) is 30.2 Å². The summed E-state index contributed by atoms with van der Waals surface area (Å²) in [6.45, 7) is 5.11. The lowest BCUT2D eigenvalue weighted by atomic mass is 9.89. The van der Waals surface area contributed by atoms with E-state index in [1.165, 1.54) is 11.1 Å². The molecule has 0 aliphatic carbocycles. The van der Waals surface area contributed by atoms with Crippen LogP contribution in [0.25, 0.3) is 0 Å². The molecule has 0 spiro atoms. The Hall–Kier alpha value is -7.01. The van der Waals surface area contributed by atoms with Crippen molar-refractivity contribution in [3.8, 4) is 0 Å². The maximum Gasteiger partial charge on any atom is 0.419 e. The van der Waals surface area contributed by atoms with Crippen LogP contribution in [-0.2, 0) is 78.1 Å². The molecule has 5 N–H and O–H groups in total. The summed E-state index contributed by atoms with van der Waals surface area (Å²) in [6.07, 6.45) is -1.85. The lowest BCUT2D eigenvalue weighted by Gasteiger charge is -2.31. The Balaban J connectivity index is 0.000000271. The van der Waals surface area contributed by atoms with Crippen molar-refractivity contribution in [3.63, 3.8) is 0 Å². The molecule has 0 saturated carbocycles. The monoisotopic (exact) mass is 1040 g/mol. The number of aromatic nitrogens is 4. The number of piperidine rings is 2. The molecule has 2 saturated heterocycles. The number of hydrogen-bond donors (Lipinski definition) is 3. The van der Waals surface area contributed by atoms with Crippen molar-refractivity contribution in [3.05, 3.63) is 188 Å². The van der Waals surface area contributed by atoms with E-state index in [4.69, 9.17) is 11.5 Å². The number of nitrogens with zero attached hydrogens (tertiary/aromatic N) is 5. The maximum absolute atomic E-state index is 13.7. The molecule has 0 radical (unpaired) electrons. The molecule has 0 unspecified atom stereocenters. The first-order valence-corrected chi connectivity index (χ1v) is 24.6. The number of benzene rings is 4. The van der Waals surface area contributed by atoms with Crippen molar-refractivity contribution in [1.29, 1.82) is 0 Å². The first kappa shape index (κ1) is 58.9. The van der Waals surface area contributed by atoms with Gasteiger partial charge < -0.3 is 21.7 Å². The van der Waals surface area contributed by atoms with Crippen LogP contribution in [0.4, 0.5) is 26.3 Å². The van der Waals surface area contributed by atoms with Gasteiger partial charge in [0.2, 0.25) is 17.7 Å². The van der Waals surface area contributed by atoms with E-state index in [2.05, 4.69) is 37.4 Å². The third-order valence-corrected chi connectivity index (χ3v) is 13.6. The second-order valence-corrected chi connectivity index (χ2v) is 18.8. The van der Waals surface area contributed by atoms with Crippen LogP contribution in [0.5, 0.6) is 0 Å². The molecule has 2 aromatic heterocycles. The zero-order valence-corrected chi connectivity index (χ0v) is 40.7. The topological polar surface area (TPSA) is 170 Å². The first-order chi connectivity index (χ1) is 34.9. The zero-order valence-electron chi connectivity index (χ0n) is 40.7. The third-order valence-electron chi connectivity index (χ3n) is 13.6. The van der Waals surface area contributed by atoms with Gasteiger partial charge in [0.15, 0.2) is 0 Å². The molecule has 4 heterocycles. The Bertz CT molecular complexity index is 2830. The van der Waals surface area contributed by atoms with E-state index >= 15 is 0 Å². The number of halogens is 6. The number of rotatable bonds is 16. The Morgan fingerprint density at radius 1 is 0.560 bits per heavy atom. The molecule has 0 atom stereocenters. The van der Waals surface area contributed by atoms with E-state index < -0.39 is 35.3 Å². The minimum Gasteiger partial charge on any atom is -0.369 e. The van der Waals surface area contributed by atoms with E-state index in [-0.39, 0.29) is 57.8 Å². The fraction of sp³-hybridized carbons (Fsp3) is 0.397. The molecule has 2 fully saturated rings. The van der Waals surface area contributed by atoms with Crippen LogP contribution in [0, 0.1) is 0 Å². The van der Waals surface area contributed by atoms with Gasteiger partial charge in [-0.05, 0) is 121 Å². The fourth-order valence-electron chi connectivity index (χ4n) is 9.63. The fourth-order valence-corrected chi connectivity index (χ4v) is 9.63. The number of aryl methyl sites for hydroxylation is 4. The number of nitrogens with two attached hydrogens (primary N) is 2. The zero-order chi connectivity index (χ0) is 52.1. The Morgan fingerprint density at radius 3 is 1.29 bits per heavy atom. The van der Waals surface area contributed by atoms with E-state index in [0.29, 0.717) is 54.7 Å². The molecule has 0 bridgehead atoms.